The number of hydrogen-bond donors (Lipinski definition) is 2. The highest BCUT2D eigenvalue weighted by Crippen LogP contribution is 2.28. The van der Waals surface area contributed by atoms with Gasteiger partial charge in [-0.15, -0.1) is 0 Å². The standard InChI is InChI=1S/C16H30O5S/c1-15(2,11-13(17)18)7-5-9-22(21)10-6-8-16(3,4)12-14(19)20/h5-12H2,1-4H3,(H,17,18)(H,19,20). The lowest BCUT2D eigenvalue weighted by molar-refractivity contribution is -0.140. The molecule has 5 nitrogen and oxygen atoms in total. The van der Waals surface area contributed by atoms with Gasteiger partial charge in [0, 0.05) is 22.3 Å². The zero-order valence-corrected chi connectivity index (χ0v) is 15.0. The van der Waals surface area contributed by atoms with Gasteiger partial charge in [-0.3, -0.25) is 13.8 Å². The van der Waals surface area contributed by atoms with Gasteiger partial charge in [-0.05, 0) is 36.5 Å². The van der Waals surface area contributed by atoms with Crippen LogP contribution >= 0.6 is 0 Å². The molecule has 0 atom stereocenters. The monoisotopic (exact) mass is 334 g/mol. The molecule has 130 valence electrons. The van der Waals surface area contributed by atoms with Gasteiger partial charge in [-0.2, -0.15) is 0 Å². The maximum atomic E-state index is 11.9. The van der Waals surface area contributed by atoms with Crippen molar-refractivity contribution >= 4 is 22.7 Å². The Morgan fingerprint density at radius 1 is 0.818 bits per heavy atom. The number of rotatable bonds is 12. The summed E-state index contributed by atoms with van der Waals surface area (Å²) in [5.41, 5.74) is -0.529. The fraction of sp³-hybridized carbons (Fsp3) is 0.875. The van der Waals surface area contributed by atoms with Gasteiger partial charge in [0.25, 0.3) is 0 Å². The number of hydrogen-bond acceptors (Lipinski definition) is 3. The molecule has 0 aromatic heterocycles. The van der Waals surface area contributed by atoms with E-state index in [0.29, 0.717) is 11.5 Å². The molecule has 22 heavy (non-hydrogen) atoms. The first-order valence-corrected chi connectivity index (χ1v) is 9.21. The fourth-order valence-corrected chi connectivity index (χ4v) is 3.66. The van der Waals surface area contributed by atoms with Gasteiger partial charge in [-0.25, -0.2) is 0 Å². The molecule has 0 aromatic rings. The van der Waals surface area contributed by atoms with E-state index in [9.17, 15) is 13.8 Å². The molecule has 0 aliphatic rings. The summed E-state index contributed by atoms with van der Waals surface area (Å²) in [7, 11) is -0.910. The molecule has 0 spiro atoms. The predicted octanol–water partition coefficient (Wildman–Crippen LogP) is 3.30. The minimum atomic E-state index is -0.910. The van der Waals surface area contributed by atoms with Crippen LogP contribution in [-0.4, -0.2) is 37.9 Å². The number of aliphatic carboxylic acids is 2. The van der Waals surface area contributed by atoms with Crippen LogP contribution in [0.4, 0.5) is 0 Å². The Bertz CT molecular complexity index is 365. The first-order valence-electron chi connectivity index (χ1n) is 7.72. The molecule has 0 aliphatic carbocycles. The highest BCUT2D eigenvalue weighted by Gasteiger charge is 2.23. The third-order valence-electron chi connectivity index (χ3n) is 3.71. The maximum absolute atomic E-state index is 11.9. The van der Waals surface area contributed by atoms with Crippen molar-refractivity contribution in [3.05, 3.63) is 0 Å². The quantitative estimate of drug-likeness (QED) is 0.571. The van der Waals surface area contributed by atoms with E-state index < -0.39 is 22.7 Å². The van der Waals surface area contributed by atoms with E-state index in [1.54, 1.807) is 0 Å². The van der Waals surface area contributed by atoms with Crippen LogP contribution in [0, 0.1) is 10.8 Å². The smallest absolute Gasteiger partial charge is 0.303 e. The second kappa shape index (κ2) is 9.28. The van der Waals surface area contributed by atoms with E-state index in [-0.39, 0.29) is 23.7 Å². The summed E-state index contributed by atoms with van der Waals surface area (Å²) in [5, 5.41) is 17.6. The van der Waals surface area contributed by atoms with Crippen LogP contribution < -0.4 is 0 Å². The molecule has 0 aromatic carbocycles. The molecule has 0 saturated heterocycles. The lowest BCUT2D eigenvalue weighted by Gasteiger charge is -2.22. The van der Waals surface area contributed by atoms with Crippen molar-refractivity contribution < 1.29 is 24.0 Å². The second-order valence-corrected chi connectivity index (χ2v) is 9.22. The Hall–Kier alpha value is -0.910. The Kier molecular flexibility index (Phi) is 8.89. The molecular formula is C16H30O5S. The van der Waals surface area contributed by atoms with Crippen LogP contribution in [0.5, 0.6) is 0 Å². The Morgan fingerprint density at radius 3 is 1.41 bits per heavy atom. The molecule has 0 aliphatic heterocycles. The number of carboxylic acid groups (broad SMARTS) is 2. The average molecular weight is 334 g/mol. The van der Waals surface area contributed by atoms with Crippen LogP contribution in [0.25, 0.3) is 0 Å². The van der Waals surface area contributed by atoms with Crippen molar-refractivity contribution in [2.75, 3.05) is 11.5 Å². The maximum Gasteiger partial charge on any atom is 0.303 e. The molecule has 0 radical (unpaired) electrons. The SMILES string of the molecule is CC(C)(CCCS(=O)CCCC(C)(C)CC(=O)O)CC(=O)O. The summed E-state index contributed by atoms with van der Waals surface area (Å²) in [6, 6.07) is 0. The number of carbonyl (C=O) groups is 2. The second-order valence-electron chi connectivity index (χ2n) is 7.52. The van der Waals surface area contributed by atoms with Gasteiger partial charge in [0.1, 0.15) is 0 Å². The van der Waals surface area contributed by atoms with Gasteiger partial charge in [0.2, 0.25) is 0 Å². The summed E-state index contributed by atoms with van der Waals surface area (Å²) >= 11 is 0. The van der Waals surface area contributed by atoms with Crippen molar-refractivity contribution in [3.8, 4) is 0 Å². The van der Waals surface area contributed by atoms with Crippen LogP contribution in [0.2, 0.25) is 0 Å². The van der Waals surface area contributed by atoms with Gasteiger partial charge in [-0.1, -0.05) is 27.7 Å². The van der Waals surface area contributed by atoms with Gasteiger partial charge in [0.15, 0.2) is 0 Å². The van der Waals surface area contributed by atoms with Crippen molar-refractivity contribution in [2.24, 2.45) is 10.8 Å². The van der Waals surface area contributed by atoms with E-state index in [4.69, 9.17) is 10.2 Å². The predicted molar refractivity (Wildman–Crippen MR) is 88.4 cm³/mol. The van der Waals surface area contributed by atoms with Crippen LogP contribution in [-0.2, 0) is 20.4 Å². The summed E-state index contributed by atoms with van der Waals surface area (Å²) in [4.78, 5) is 21.4. The molecule has 0 saturated carbocycles. The first-order chi connectivity index (χ1) is 9.93. The van der Waals surface area contributed by atoms with E-state index in [1.807, 2.05) is 27.7 Å². The first kappa shape index (κ1) is 21.1. The van der Waals surface area contributed by atoms with E-state index in [0.717, 1.165) is 25.7 Å². The molecule has 0 bridgehead atoms. The normalized spacial score (nSPS) is 12.6. The molecule has 0 unspecified atom stereocenters. The number of carboxylic acids is 2. The third-order valence-corrected chi connectivity index (χ3v) is 5.20. The molecule has 0 amide bonds. The van der Waals surface area contributed by atoms with Gasteiger partial charge in [0.05, 0.1) is 12.8 Å². The zero-order valence-electron chi connectivity index (χ0n) is 14.2. The summed E-state index contributed by atoms with van der Waals surface area (Å²) < 4.78 is 11.9. The molecular weight excluding hydrogens is 304 g/mol. The van der Waals surface area contributed by atoms with Crippen LogP contribution in [0.3, 0.4) is 0 Å². The van der Waals surface area contributed by atoms with Crippen LogP contribution in [0.1, 0.15) is 66.2 Å². The highest BCUT2D eigenvalue weighted by atomic mass is 32.2. The van der Waals surface area contributed by atoms with Crippen LogP contribution in [0.15, 0.2) is 0 Å². The Labute approximate surface area is 135 Å². The Morgan fingerprint density at radius 2 is 1.14 bits per heavy atom. The Balaban J connectivity index is 3.92. The lowest BCUT2D eigenvalue weighted by atomic mass is 9.85. The molecule has 6 heteroatoms. The molecule has 0 heterocycles. The largest absolute Gasteiger partial charge is 0.481 e. The lowest BCUT2D eigenvalue weighted by Crippen LogP contribution is -2.19. The highest BCUT2D eigenvalue weighted by molar-refractivity contribution is 7.84. The molecule has 0 rings (SSSR count). The van der Waals surface area contributed by atoms with E-state index in [2.05, 4.69) is 0 Å². The van der Waals surface area contributed by atoms with Crippen molar-refractivity contribution in [1.82, 2.24) is 0 Å². The van der Waals surface area contributed by atoms with Crippen molar-refractivity contribution in [2.45, 2.75) is 66.2 Å². The third kappa shape index (κ3) is 11.7. The minimum absolute atomic E-state index is 0.128. The minimum Gasteiger partial charge on any atom is -0.481 e. The van der Waals surface area contributed by atoms with E-state index in [1.165, 1.54) is 0 Å². The van der Waals surface area contributed by atoms with Gasteiger partial charge < -0.3 is 10.2 Å². The van der Waals surface area contributed by atoms with Crippen molar-refractivity contribution in [1.29, 1.82) is 0 Å². The molecule has 0 fully saturated rings. The average Bonchev–Trinajstić information content (AvgIpc) is 2.23. The van der Waals surface area contributed by atoms with Gasteiger partial charge >= 0.3 is 11.9 Å². The zero-order chi connectivity index (χ0) is 17.4. The fourth-order valence-electron chi connectivity index (χ4n) is 2.52. The van der Waals surface area contributed by atoms with E-state index >= 15 is 0 Å². The topological polar surface area (TPSA) is 91.7 Å². The summed E-state index contributed by atoms with van der Waals surface area (Å²) in [6.45, 7) is 7.66. The summed E-state index contributed by atoms with van der Waals surface area (Å²) in [6.07, 6.45) is 3.26. The summed E-state index contributed by atoms with van der Waals surface area (Å²) in [5.74, 6) is -0.427. The van der Waals surface area contributed by atoms with Crippen molar-refractivity contribution in [3.63, 3.8) is 0 Å². The molecule has 2 N–H and O–H groups in total.